The summed E-state index contributed by atoms with van der Waals surface area (Å²) in [6.45, 7) is 3.95. The van der Waals surface area contributed by atoms with Crippen molar-refractivity contribution in [3.05, 3.63) is 33.3 Å². The fraction of sp³-hybridized carbons (Fsp3) is 0.500. The molecule has 0 saturated heterocycles. The van der Waals surface area contributed by atoms with E-state index in [-0.39, 0.29) is 16.4 Å². The zero-order valence-electron chi connectivity index (χ0n) is 9.28. The van der Waals surface area contributed by atoms with Crippen LogP contribution in [0.25, 0.3) is 0 Å². The van der Waals surface area contributed by atoms with Crippen molar-refractivity contribution in [1.82, 2.24) is 0 Å². The average molecular weight is 328 g/mol. The number of fused-ring (bicyclic) bond motifs is 1. The van der Waals surface area contributed by atoms with E-state index in [2.05, 4.69) is 15.9 Å². The maximum atomic E-state index is 12.8. The first-order valence-corrected chi connectivity index (χ1v) is 6.38. The monoisotopic (exact) mass is 326 g/mol. The Kier molecular flexibility index (Phi) is 3.02. The second-order valence-corrected chi connectivity index (χ2v) is 6.10. The van der Waals surface area contributed by atoms with Gasteiger partial charge in [-0.3, -0.25) is 0 Å². The van der Waals surface area contributed by atoms with Crippen LogP contribution in [0.3, 0.4) is 0 Å². The van der Waals surface area contributed by atoms with Crippen LogP contribution in [0.5, 0.6) is 0 Å². The molecule has 3 unspecified atom stereocenters. The quantitative estimate of drug-likeness (QED) is 0.576. The van der Waals surface area contributed by atoms with E-state index in [0.29, 0.717) is 10.4 Å². The highest BCUT2D eigenvalue weighted by atomic mass is 79.9. The van der Waals surface area contributed by atoms with Crippen molar-refractivity contribution in [2.45, 2.75) is 20.0 Å². The van der Waals surface area contributed by atoms with Gasteiger partial charge < -0.3 is 0 Å². The summed E-state index contributed by atoms with van der Waals surface area (Å²) in [7, 11) is 0. The highest BCUT2D eigenvalue weighted by Gasteiger charge is 2.56. The first-order valence-electron chi connectivity index (χ1n) is 5.21. The zero-order chi connectivity index (χ0) is 13.0. The van der Waals surface area contributed by atoms with Crippen LogP contribution in [0.15, 0.2) is 33.3 Å². The van der Waals surface area contributed by atoms with Crippen LogP contribution in [-0.2, 0) is 0 Å². The Hall–Kier alpha value is -0.220. The summed E-state index contributed by atoms with van der Waals surface area (Å²) in [5, 5.41) is -0.209. The van der Waals surface area contributed by atoms with Crippen molar-refractivity contribution in [3.8, 4) is 0 Å². The molecule has 0 heterocycles. The molecular formula is C12H11BrClF3. The van der Waals surface area contributed by atoms with Gasteiger partial charge in [0.15, 0.2) is 0 Å². The largest absolute Gasteiger partial charge is 0.417 e. The van der Waals surface area contributed by atoms with E-state index >= 15 is 0 Å². The summed E-state index contributed by atoms with van der Waals surface area (Å²) in [4.78, 5) is 0. The number of allylic oxidation sites excluding steroid dienone is 6. The van der Waals surface area contributed by atoms with Gasteiger partial charge in [-0.15, -0.1) is 0 Å². The van der Waals surface area contributed by atoms with Gasteiger partial charge in [0, 0.05) is 9.51 Å². The molecule has 0 aliphatic heterocycles. The Bertz CT molecular complexity index is 447. The highest BCUT2D eigenvalue weighted by Crippen LogP contribution is 2.62. The van der Waals surface area contributed by atoms with Crippen LogP contribution < -0.4 is 0 Å². The van der Waals surface area contributed by atoms with Crippen molar-refractivity contribution >= 4 is 27.5 Å². The lowest BCUT2D eigenvalue weighted by atomic mass is 10.0. The molecule has 0 radical (unpaired) electrons. The van der Waals surface area contributed by atoms with Gasteiger partial charge in [0.25, 0.3) is 0 Å². The fourth-order valence-electron chi connectivity index (χ4n) is 2.34. The van der Waals surface area contributed by atoms with Gasteiger partial charge in [-0.05, 0) is 23.3 Å². The van der Waals surface area contributed by atoms with Gasteiger partial charge in [0.2, 0.25) is 0 Å². The summed E-state index contributed by atoms with van der Waals surface area (Å²) in [5.41, 5.74) is -1.05. The lowest BCUT2D eigenvalue weighted by Gasteiger charge is -2.15. The summed E-state index contributed by atoms with van der Waals surface area (Å²) >= 11 is 8.96. The number of alkyl halides is 3. The van der Waals surface area contributed by atoms with Gasteiger partial charge >= 0.3 is 6.18 Å². The average Bonchev–Trinajstić information content (AvgIpc) is 2.62. The van der Waals surface area contributed by atoms with Crippen molar-refractivity contribution < 1.29 is 13.2 Å². The van der Waals surface area contributed by atoms with Crippen LogP contribution >= 0.6 is 27.5 Å². The molecule has 17 heavy (non-hydrogen) atoms. The van der Waals surface area contributed by atoms with E-state index in [0.717, 1.165) is 6.08 Å². The predicted octanol–water partition coefficient (Wildman–Crippen LogP) is 5.16. The Morgan fingerprint density at radius 2 is 2.00 bits per heavy atom. The molecule has 2 rings (SSSR count). The molecule has 0 amide bonds. The van der Waals surface area contributed by atoms with E-state index in [1.165, 1.54) is 0 Å². The van der Waals surface area contributed by atoms with Crippen molar-refractivity contribution in [3.63, 3.8) is 0 Å². The molecular weight excluding hydrogens is 316 g/mol. The SMILES string of the molecule is CC1C2C=C(Br)C=C(C(F)(F)F)C(Cl)=CC12C. The molecule has 94 valence electrons. The summed E-state index contributed by atoms with van der Waals surface area (Å²) in [6, 6.07) is 0. The topological polar surface area (TPSA) is 0 Å². The standard InChI is InChI=1S/C12H11BrClF3/c1-6-8-3-7(13)4-9(12(15,16)17)10(14)5-11(6,8)2/h3-6,8H,1-2H3. The second kappa shape index (κ2) is 3.89. The van der Waals surface area contributed by atoms with Gasteiger partial charge in [-0.25, -0.2) is 0 Å². The van der Waals surface area contributed by atoms with Crippen LogP contribution in [0.4, 0.5) is 13.2 Å². The number of hydrogen-bond donors (Lipinski definition) is 0. The zero-order valence-corrected chi connectivity index (χ0v) is 11.6. The van der Waals surface area contributed by atoms with Gasteiger partial charge in [0.1, 0.15) is 0 Å². The molecule has 5 heteroatoms. The van der Waals surface area contributed by atoms with E-state index in [1.54, 1.807) is 6.08 Å². The van der Waals surface area contributed by atoms with Crippen molar-refractivity contribution in [2.75, 3.05) is 0 Å². The first-order chi connectivity index (χ1) is 7.66. The minimum absolute atomic E-state index is 0.209. The first kappa shape index (κ1) is 13.2. The molecule has 0 aromatic heterocycles. The molecule has 0 N–H and O–H groups in total. The Morgan fingerprint density at radius 1 is 1.41 bits per heavy atom. The van der Waals surface area contributed by atoms with Gasteiger partial charge in [-0.1, -0.05) is 53.5 Å². The number of halogens is 5. The summed E-state index contributed by atoms with van der Waals surface area (Å²) in [6.07, 6.45) is -0.0133. The van der Waals surface area contributed by atoms with E-state index in [4.69, 9.17) is 11.6 Å². The maximum Gasteiger partial charge on any atom is 0.417 e. The Morgan fingerprint density at radius 3 is 2.53 bits per heavy atom. The van der Waals surface area contributed by atoms with E-state index in [9.17, 15) is 13.2 Å². The van der Waals surface area contributed by atoms with Crippen LogP contribution in [-0.4, -0.2) is 6.18 Å². The molecule has 1 saturated carbocycles. The molecule has 3 atom stereocenters. The lowest BCUT2D eigenvalue weighted by molar-refractivity contribution is -0.0887. The van der Waals surface area contributed by atoms with Crippen molar-refractivity contribution in [2.24, 2.45) is 17.3 Å². The Balaban J connectivity index is 2.51. The van der Waals surface area contributed by atoms with E-state index < -0.39 is 11.7 Å². The normalized spacial score (nSPS) is 37.2. The molecule has 0 spiro atoms. The van der Waals surface area contributed by atoms with Crippen molar-refractivity contribution in [1.29, 1.82) is 0 Å². The molecule has 1 fully saturated rings. The third-order valence-corrected chi connectivity index (χ3v) is 4.56. The van der Waals surface area contributed by atoms with Crippen LogP contribution in [0, 0.1) is 17.3 Å². The van der Waals surface area contributed by atoms with Gasteiger partial charge in [-0.2, -0.15) is 13.2 Å². The maximum absolute atomic E-state index is 12.8. The highest BCUT2D eigenvalue weighted by molar-refractivity contribution is 9.11. The summed E-state index contributed by atoms with van der Waals surface area (Å²) < 4.78 is 38.8. The number of rotatable bonds is 0. The molecule has 0 nitrogen and oxygen atoms in total. The molecule has 0 aromatic rings. The van der Waals surface area contributed by atoms with Crippen LogP contribution in [0.1, 0.15) is 13.8 Å². The third-order valence-electron chi connectivity index (χ3n) is 3.75. The predicted molar refractivity (Wildman–Crippen MR) is 65.8 cm³/mol. The van der Waals surface area contributed by atoms with Crippen LogP contribution in [0.2, 0.25) is 0 Å². The molecule has 0 aromatic carbocycles. The second-order valence-electron chi connectivity index (χ2n) is 4.78. The third kappa shape index (κ3) is 2.22. The summed E-state index contributed by atoms with van der Waals surface area (Å²) in [5.74, 6) is 0.557. The lowest BCUT2D eigenvalue weighted by Crippen LogP contribution is -2.14. The number of hydrogen-bond acceptors (Lipinski definition) is 0. The Labute approximate surface area is 111 Å². The molecule has 2 aliphatic rings. The minimum atomic E-state index is -4.43. The molecule has 0 bridgehead atoms. The fourth-order valence-corrected chi connectivity index (χ4v) is 3.25. The van der Waals surface area contributed by atoms with Gasteiger partial charge in [0.05, 0.1) is 5.57 Å². The van der Waals surface area contributed by atoms with E-state index in [1.807, 2.05) is 19.9 Å². The smallest absolute Gasteiger partial charge is 0.166 e. The molecule has 2 aliphatic carbocycles. The minimum Gasteiger partial charge on any atom is -0.166 e.